The third-order valence-electron chi connectivity index (χ3n) is 4.43. The Morgan fingerprint density at radius 3 is 3.00 bits per heavy atom. The quantitative estimate of drug-likeness (QED) is 0.364. The van der Waals surface area contributed by atoms with Gasteiger partial charge in [0.25, 0.3) is 0 Å². The zero-order chi connectivity index (χ0) is 16.1. The fourth-order valence-corrected chi connectivity index (χ4v) is 4.40. The molecule has 1 unspecified atom stereocenters. The van der Waals surface area contributed by atoms with Crippen molar-refractivity contribution in [3.63, 3.8) is 0 Å². The lowest BCUT2D eigenvalue weighted by Crippen LogP contribution is -2.40. The van der Waals surface area contributed by atoms with Crippen LogP contribution in [0.2, 0.25) is 0 Å². The predicted molar refractivity (Wildman–Crippen MR) is 117 cm³/mol. The highest BCUT2D eigenvalue weighted by Gasteiger charge is 2.15. The van der Waals surface area contributed by atoms with Crippen LogP contribution in [0.25, 0.3) is 10.9 Å². The second kappa shape index (κ2) is 9.56. The Balaban J connectivity index is 0.00000208. The Bertz CT molecular complexity index is 677. The highest BCUT2D eigenvalue weighted by atomic mass is 127. The van der Waals surface area contributed by atoms with Gasteiger partial charge in [0.1, 0.15) is 0 Å². The van der Waals surface area contributed by atoms with Gasteiger partial charge in [0.15, 0.2) is 5.96 Å². The summed E-state index contributed by atoms with van der Waals surface area (Å²) in [5, 5.41) is 8.98. The van der Waals surface area contributed by atoms with Crippen LogP contribution >= 0.6 is 35.7 Å². The maximum atomic E-state index is 4.33. The largest absolute Gasteiger partial charge is 0.361 e. The molecule has 1 atom stereocenters. The van der Waals surface area contributed by atoms with Crippen molar-refractivity contribution in [3.8, 4) is 0 Å². The van der Waals surface area contributed by atoms with Crippen LogP contribution in [0.1, 0.15) is 24.0 Å². The zero-order valence-electron chi connectivity index (χ0n) is 14.4. The van der Waals surface area contributed by atoms with Gasteiger partial charge in [0.2, 0.25) is 0 Å². The van der Waals surface area contributed by atoms with E-state index in [1.165, 1.54) is 40.6 Å². The molecule has 1 saturated heterocycles. The smallest absolute Gasteiger partial charge is 0.191 e. The van der Waals surface area contributed by atoms with Crippen molar-refractivity contribution in [2.45, 2.75) is 31.4 Å². The number of aromatic nitrogens is 1. The molecular formula is C18H27IN4S. The second-order valence-corrected chi connectivity index (χ2v) is 7.48. The molecule has 6 heteroatoms. The number of rotatable bonds is 5. The molecule has 1 aliphatic rings. The molecule has 0 radical (unpaired) electrons. The number of fused-ring (bicyclic) bond motifs is 1. The number of hydrogen-bond donors (Lipinski definition) is 3. The van der Waals surface area contributed by atoms with Crippen LogP contribution in [-0.4, -0.2) is 42.1 Å². The molecule has 0 saturated carbocycles. The highest BCUT2D eigenvalue weighted by molar-refractivity contribution is 14.0. The van der Waals surface area contributed by atoms with Gasteiger partial charge in [0.05, 0.1) is 0 Å². The minimum atomic E-state index is 0. The Labute approximate surface area is 165 Å². The molecular weight excluding hydrogens is 431 g/mol. The van der Waals surface area contributed by atoms with Crippen molar-refractivity contribution < 1.29 is 0 Å². The van der Waals surface area contributed by atoms with Crippen molar-refractivity contribution >= 4 is 52.6 Å². The van der Waals surface area contributed by atoms with E-state index in [9.17, 15) is 0 Å². The topological polar surface area (TPSA) is 52.2 Å². The number of thioether (sulfide) groups is 1. The van der Waals surface area contributed by atoms with Crippen molar-refractivity contribution in [1.82, 2.24) is 15.6 Å². The normalized spacial score (nSPS) is 17.8. The van der Waals surface area contributed by atoms with Crippen molar-refractivity contribution in [3.05, 3.63) is 35.5 Å². The van der Waals surface area contributed by atoms with Gasteiger partial charge < -0.3 is 15.6 Å². The van der Waals surface area contributed by atoms with Gasteiger partial charge in [-0.1, -0.05) is 12.1 Å². The van der Waals surface area contributed by atoms with Crippen molar-refractivity contribution in [2.75, 3.05) is 25.9 Å². The van der Waals surface area contributed by atoms with E-state index >= 15 is 0 Å². The van der Waals surface area contributed by atoms with Gasteiger partial charge in [-0.15, -0.1) is 24.0 Å². The number of nitrogens with one attached hydrogen (secondary N) is 3. The summed E-state index contributed by atoms with van der Waals surface area (Å²) >= 11 is 2.07. The summed E-state index contributed by atoms with van der Waals surface area (Å²) in [6, 6.07) is 6.41. The second-order valence-electron chi connectivity index (χ2n) is 6.08. The van der Waals surface area contributed by atoms with Gasteiger partial charge in [-0.3, -0.25) is 4.99 Å². The minimum absolute atomic E-state index is 0. The van der Waals surface area contributed by atoms with Crippen molar-refractivity contribution in [2.24, 2.45) is 4.99 Å². The molecule has 1 aliphatic heterocycles. The SMILES string of the molecule is CN=C(NCCc1c[nH]c2cccc(C)c12)NCC1CCCS1.I. The minimum Gasteiger partial charge on any atom is -0.361 e. The summed E-state index contributed by atoms with van der Waals surface area (Å²) in [6.07, 6.45) is 5.79. The van der Waals surface area contributed by atoms with Crippen LogP contribution in [-0.2, 0) is 6.42 Å². The van der Waals surface area contributed by atoms with E-state index in [1.807, 2.05) is 7.05 Å². The molecule has 1 aromatic carbocycles. The number of H-pyrrole nitrogens is 1. The van der Waals surface area contributed by atoms with Crippen LogP contribution in [0, 0.1) is 6.92 Å². The molecule has 24 heavy (non-hydrogen) atoms. The van der Waals surface area contributed by atoms with Gasteiger partial charge >= 0.3 is 0 Å². The molecule has 0 spiro atoms. The molecule has 2 aromatic rings. The van der Waals surface area contributed by atoms with Gasteiger partial charge in [-0.05, 0) is 49.1 Å². The first kappa shape index (κ1) is 19.4. The lowest BCUT2D eigenvalue weighted by Gasteiger charge is -2.14. The molecule has 1 fully saturated rings. The van der Waals surface area contributed by atoms with Crippen LogP contribution in [0.15, 0.2) is 29.4 Å². The number of aliphatic imine (C=N–C) groups is 1. The number of aromatic amines is 1. The first-order valence-electron chi connectivity index (χ1n) is 8.39. The summed E-state index contributed by atoms with van der Waals surface area (Å²) in [6.45, 7) is 4.07. The summed E-state index contributed by atoms with van der Waals surface area (Å²) in [5.74, 6) is 2.22. The number of nitrogens with zero attached hydrogens (tertiary/aromatic N) is 1. The number of hydrogen-bond acceptors (Lipinski definition) is 2. The summed E-state index contributed by atoms with van der Waals surface area (Å²) in [7, 11) is 1.84. The summed E-state index contributed by atoms with van der Waals surface area (Å²) in [5.41, 5.74) is 3.92. The molecule has 3 rings (SSSR count). The zero-order valence-corrected chi connectivity index (χ0v) is 17.5. The Morgan fingerprint density at radius 2 is 2.25 bits per heavy atom. The van der Waals surface area contributed by atoms with E-state index in [-0.39, 0.29) is 24.0 Å². The van der Waals surface area contributed by atoms with E-state index in [4.69, 9.17) is 0 Å². The van der Waals surface area contributed by atoms with Crippen LogP contribution in [0.5, 0.6) is 0 Å². The number of guanidine groups is 1. The lowest BCUT2D eigenvalue weighted by molar-refractivity contribution is 0.724. The maximum absolute atomic E-state index is 4.33. The van der Waals surface area contributed by atoms with Crippen LogP contribution in [0.3, 0.4) is 0 Å². The highest BCUT2D eigenvalue weighted by Crippen LogP contribution is 2.25. The van der Waals surface area contributed by atoms with Crippen LogP contribution < -0.4 is 10.6 Å². The standard InChI is InChI=1S/C18H26N4S.HI/c1-13-5-3-7-16-17(13)14(11-21-16)8-9-20-18(19-2)22-12-15-6-4-10-23-15;/h3,5,7,11,15,21H,4,6,8-10,12H2,1-2H3,(H2,19,20,22);1H. The van der Waals surface area contributed by atoms with Gasteiger partial charge in [-0.2, -0.15) is 11.8 Å². The molecule has 0 aliphatic carbocycles. The van der Waals surface area contributed by atoms with E-state index in [2.05, 4.69) is 63.7 Å². The molecule has 132 valence electrons. The Hall–Kier alpha value is -0.890. The summed E-state index contributed by atoms with van der Waals surface area (Å²) < 4.78 is 0. The third-order valence-corrected chi connectivity index (χ3v) is 5.83. The van der Waals surface area contributed by atoms with Gasteiger partial charge in [-0.25, -0.2) is 0 Å². The molecule has 4 nitrogen and oxygen atoms in total. The fraction of sp³-hybridized carbons (Fsp3) is 0.500. The van der Waals surface area contributed by atoms with E-state index in [0.29, 0.717) is 0 Å². The molecule has 2 heterocycles. The molecule has 1 aromatic heterocycles. The average molecular weight is 458 g/mol. The first-order valence-corrected chi connectivity index (χ1v) is 9.44. The first-order chi connectivity index (χ1) is 11.3. The van der Waals surface area contributed by atoms with E-state index < -0.39 is 0 Å². The third kappa shape index (κ3) is 4.81. The predicted octanol–water partition coefficient (Wildman–Crippen LogP) is 3.70. The Morgan fingerprint density at radius 1 is 1.38 bits per heavy atom. The summed E-state index contributed by atoms with van der Waals surface area (Å²) in [4.78, 5) is 7.69. The number of benzene rings is 1. The number of aryl methyl sites for hydroxylation is 1. The average Bonchev–Trinajstić information content (AvgIpc) is 3.21. The molecule has 0 amide bonds. The Kier molecular flexibility index (Phi) is 7.74. The van der Waals surface area contributed by atoms with E-state index in [0.717, 1.165) is 30.7 Å². The van der Waals surface area contributed by atoms with Gasteiger partial charge in [0, 0.05) is 42.5 Å². The molecule has 3 N–H and O–H groups in total. The fourth-order valence-electron chi connectivity index (χ4n) is 3.20. The lowest BCUT2D eigenvalue weighted by atomic mass is 10.1. The molecule has 0 bridgehead atoms. The van der Waals surface area contributed by atoms with Crippen molar-refractivity contribution in [1.29, 1.82) is 0 Å². The maximum Gasteiger partial charge on any atom is 0.191 e. The van der Waals surface area contributed by atoms with E-state index in [1.54, 1.807) is 0 Å². The number of halogens is 1. The monoisotopic (exact) mass is 458 g/mol. The van der Waals surface area contributed by atoms with Crippen LogP contribution in [0.4, 0.5) is 0 Å².